The van der Waals surface area contributed by atoms with E-state index in [0.717, 1.165) is 10.8 Å². The number of carbonyl (C=O) groups excluding carboxylic acids is 1. The molecule has 3 rings (SSSR count). The number of anilines is 1. The zero-order chi connectivity index (χ0) is 17.8. The minimum absolute atomic E-state index is 0.135. The number of imidazole rings is 1. The Labute approximate surface area is 160 Å². The molecule has 0 aliphatic carbocycles. The number of hydrogen-bond donors (Lipinski definition) is 1. The lowest BCUT2D eigenvalue weighted by Gasteiger charge is -2.14. The number of rotatable bonds is 5. The van der Waals surface area contributed by atoms with Crippen molar-refractivity contribution in [2.24, 2.45) is 0 Å². The van der Waals surface area contributed by atoms with Gasteiger partial charge in [0.25, 0.3) is 0 Å². The Morgan fingerprint density at radius 1 is 1.16 bits per heavy atom. The molecule has 1 heterocycles. The van der Waals surface area contributed by atoms with E-state index in [2.05, 4.69) is 10.3 Å². The Morgan fingerprint density at radius 2 is 1.88 bits per heavy atom. The van der Waals surface area contributed by atoms with E-state index in [4.69, 9.17) is 23.2 Å². The van der Waals surface area contributed by atoms with Gasteiger partial charge < -0.3 is 5.32 Å². The second kappa shape index (κ2) is 7.95. The number of para-hydroxylation sites is 1. The topological polar surface area (TPSA) is 46.9 Å². The Balaban J connectivity index is 1.72. The van der Waals surface area contributed by atoms with E-state index in [1.54, 1.807) is 18.3 Å². The molecule has 7 heteroatoms. The van der Waals surface area contributed by atoms with Gasteiger partial charge in [0.05, 0.1) is 16.0 Å². The number of halogens is 2. The molecule has 1 atom stereocenters. The zero-order valence-electron chi connectivity index (χ0n) is 13.3. The Bertz CT molecular complexity index is 880. The van der Waals surface area contributed by atoms with Crippen LogP contribution in [0, 0.1) is 0 Å². The van der Waals surface area contributed by atoms with Gasteiger partial charge in [0.1, 0.15) is 0 Å². The maximum absolute atomic E-state index is 12.4. The van der Waals surface area contributed by atoms with Gasteiger partial charge in [0, 0.05) is 23.1 Å². The Kier molecular flexibility index (Phi) is 5.68. The van der Waals surface area contributed by atoms with Gasteiger partial charge in [0.15, 0.2) is 5.16 Å². The van der Waals surface area contributed by atoms with Crippen molar-refractivity contribution in [3.63, 3.8) is 0 Å². The average Bonchev–Trinajstić information content (AvgIpc) is 3.05. The quantitative estimate of drug-likeness (QED) is 0.600. The Morgan fingerprint density at radius 3 is 2.60 bits per heavy atom. The molecule has 0 aliphatic heterocycles. The highest BCUT2D eigenvalue weighted by molar-refractivity contribution is 8.00. The number of carbonyl (C=O) groups is 1. The summed E-state index contributed by atoms with van der Waals surface area (Å²) in [5.74, 6) is -0.135. The molecule has 0 saturated carbocycles. The van der Waals surface area contributed by atoms with Crippen LogP contribution in [0.3, 0.4) is 0 Å². The predicted molar refractivity (Wildman–Crippen MR) is 104 cm³/mol. The normalized spacial score (nSPS) is 12.0. The smallest absolute Gasteiger partial charge is 0.237 e. The molecule has 3 aromatic rings. The van der Waals surface area contributed by atoms with Crippen LogP contribution in [0.4, 0.5) is 5.69 Å². The predicted octanol–water partition coefficient (Wildman–Crippen LogP) is 5.30. The second-order valence-corrected chi connectivity index (χ2v) is 7.44. The maximum Gasteiger partial charge on any atom is 0.237 e. The molecule has 0 radical (unpaired) electrons. The standard InChI is InChI=1S/C18H15Cl2N3OS/c1-12(17(24)22-16-5-3-2-4-15(16)20)25-18-21-10-11-23(18)14-8-6-13(19)7-9-14/h2-12H,1H3,(H,22,24)/t12-/m0/s1. The van der Waals surface area contributed by atoms with Crippen LogP contribution in [-0.4, -0.2) is 20.7 Å². The van der Waals surface area contributed by atoms with Crippen molar-refractivity contribution in [1.82, 2.24) is 9.55 Å². The average molecular weight is 392 g/mol. The third-order valence-corrected chi connectivity index (χ3v) is 5.16. The van der Waals surface area contributed by atoms with E-state index in [1.165, 1.54) is 11.8 Å². The summed E-state index contributed by atoms with van der Waals surface area (Å²) < 4.78 is 1.92. The molecule has 0 unspecified atom stereocenters. The first-order valence-corrected chi connectivity index (χ1v) is 9.19. The van der Waals surface area contributed by atoms with Crippen LogP contribution < -0.4 is 5.32 Å². The first kappa shape index (κ1) is 17.9. The van der Waals surface area contributed by atoms with Crippen LogP contribution >= 0.6 is 35.0 Å². The first-order valence-electron chi connectivity index (χ1n) is 7.56. The van der Waals surface area contributed by atoms with E-state index in [0.29, 0.717) is 15.7 Å². The highest BCUT2D eigenvalue weighted by Gasteiger charge is 2.18. The molecule has 25 heavy (non-hydrogen) atoms. The third-order valence-electron chi connectivity index (χ3n) is 3.49. The molecule has 1 aromatic heterocycles. The summed E-state index contributed by atoms with van der Waals surface area (Å²) in [4.78, 5) is 16.8. The maximum atomic E-state index is 12.4. The van der Waals surface area contributed by atoms with Gasteiger partial charge in [-0.05, 0) is 43.3 Å². The van der Waals surface area contributed by atoms with E-state index in [1.807, 2.05) is 54.1 Å². The number of benzene rings is 2. The van der Waals surface area contributed by atoms with Crippen molar-refractivity contribution < 1.29 is 4.79 Å². The van der Waals surface area contributed by atoms with Crippen molar-refractivity contribution in [2.75, 3.05) is 5.32 Å². The first-order chi connectivity index (χ1) is 12.0. The van der Waals surface area contributed by atoms with Crippen LogP contribution in [0.1, 0.15) is 6.92 Å². The summed E-state index contributed by atoms with van der Waals surface area (Å²) in [7, 11) is 0. The van der Waals surface area contributed by atoms with Gasteiger partial charge in [-0.2, -0.15) is 0 Å². The summed E-state index contributed by atoms with van der Waals surface area (Å²) in [6.07, 6.45) is 3.56. The van der Waals surface area contributed by atoms with Gasteiger partial charge in [-0.15, -0.1) is 0 Å². The van der Waals surface area contributed by atoms with E-state index >= 15 is 0 Å². The second-order valence-electron chi connectivity index (χ2n) is 5.29. The number of thioether (sulfide) groups is 1. The lowest BCUT2D eigenvalue weighted by molar-refractivity contribution is -0.115. The van der Waals surface area contributed by atoms with E-state index in [9.17, 15) is 4.79 Å². The van der Waals surface area contributed by atoms with Crippen molar-refractivity contribution in [2.45, 2.75) is 17.3 Å². The minimum atomic E-state index is -0.343. The fourth-order valence-corrected chi connectivity index (χ4v) is 3.38. The van der Waals surface area contributed by atoms with Crippen LogP contribution in [0.2, 0.25) is 10.0 Å². The molecule has 1 N–H and O–H groups in total. The van der Waals surface area contributed by atoms with E-state index in [-0.39, 0.29) is 11.2 Å². The number of nitrogens with one attached hydrogen (secondary N) is 1. The van der Waals surface area contributed by atoms with Gasteiger partial charge in [-0.1, -0.05) is 47.1 Å². The van der Waals surface area contributed by atoms with Crippen LogP contribution in [0.25, 0.3) is 5.69 Å². The largest absolute Gasteiger partial charge is 0.324 e. The summed E-state index contributed by atoms with van der Waals surface area (Å²) in [5, 5.41) is 4.41. The third kappa shape index (κ3) is 4.37. The SMILES string of the molecule is C[C@H](Sc1nccn1-c1ccc(Cl)cc1)C(=O)Nc1ccccc1Cl. The zero-order valence-corrected chi connectivity index (χ0v) is 15.6. The van der Waals surface area contributed by atoms with Crippen LogP contribution in [0.15, 0.2) is 66.1 Å². The van der Waals surface area contributed by atoms with Crippen molar-refractivity contribution in [1.29, 1.82) is 0 Å². The molecule has 0 fully saturated rings. The summed E-state index contributed by atoms with van der Waals surface area (Å²) >= 11 is 13.4. The molecule has 0 bridgehead atoms. The van der Waals surface area contributed by atoms with Gasteiger partial charge in [-0.25, -0.2) is 4.98 Å². The van der Waals surface area contributed by atoms with Crippen LogP contribution in [-0.2, 0) is 4.79 Å². The molecule has 4 nitrogen and oxygen atoms in total. The lowest BCUT2D eigenvalue weighted by Crippen LogP contribution is -2.23. The van der Waals surface area contributed by atoms with Crippen molar-refractivity contribution in [3.05, 3.63) is 71.0 Å². The highest BCUT2D eigenvalue weighted by atomic mass is 35.5. The van der Waals surface area contributed by atoms with Gasteiger partial charge in [0.2, 0.25) is 5.91 Å². The molecule has 2 aromatic carbocycles. The number of amides is 1. The molecular formula is C18H15Cl2N3OS. The molecule has 0 spiro atoms. The van der Waals surface area contributed by atoms with Crippen LogP contribution in [0.5, 0.6) is 0 Å². The molecule has 0 saturated heterocycles. The fraction of sp³-hybridized carbons (Fsp3) is 0.111. The van der Waals surface area contributed by atoms with Crippen molar-refractivity contribution in [3.8, 4) is 5.69 Å². The summed E-state index contributed by atoms with van der Waals surface area (Å²) in [6.45, 7) is 1.83. The molecule has 1 amide bonds. The summed E-state index contributed by atoms with van der Waals surface area (Å²) in [5.41, 5.74) is 1.53. The van der Waals surface area contributed by atoms with Crippen molar-refractivity contribution >= 4 is 46.6 Å². The molecular weight excluding hydrogens is 377 g/mol. The molecule has 128 valence electrons. The molecule has 0 aliphatic rings. The Hall–Kier alpha value is -1.95. The van der Waals surface area contributed by atoms with E-state index < -0.39 is 0 Å². The number of nitrogens with zero attached hydrogens (tertiary/aromatic N) is 2. The highest BCUT2D eigenvalue weighted by Crippen LogP contribution is 2.27. The lowest BCUT2D eigenvalue weighted by atomic mass is 10.3. The number of aromatic nitrogens is 2. The summed E-state index contributed by atoms with van der Waals surface area (Å²) in [6, 6.07) is 14.6. The minimum Gasteiger partial charge on any atom is -0.324 e. The monoisotopic (exact) mass is 391 g/mol. The van der Waals surface area contributed by atoms with Gasteiger partial charge in [-0.3, -0.25) is 9.36 Å². The van der Waals surface area contributed by atoms with Gasteiger partial charge >= 0.3 is 0 Å². The fourth-order valence-electron chi connectivity index (χ4n) is 2.18. The number of hydrogen-bond acceptors (Lipinski definition) is 3.